The van der Waals surface area contributed by atoms with E-state index in [1.807, 2.05) is 18.2 Å². The highest BCUT2D eigenvalue weighted by Crippen LogP contribution is 2.36. The number of benzene rings is 1. The molecule has 4 heteroatoms. The Hall–Kier alpha value is -1.26. The van der Waals surface area contributed by atoms with Crippen LogP contribution in [0.2, 0.25) is 0 Å². The average molecular weight is 258 g/mol. The van der Waals surface area contributed by atoms with Crippen molar-refractivity contribution >= 4 is 12.6 Å². The van der Waals surface area contributed by atoms with E-state index in [0.29, 0.717) is 0 Å². The monoisotopic (exact) mass is 258 g/mol. The van der Waals surface area contributed by atoms with Gasteiger partial charge in [0.2, 0.25) is 0 Å². The molecule has 3 nitrogen and oxygen atoms in total. The third-order valence-corrected chi connectivity index (χ3v) is 4.24. The summed E-state index contributed by atoms with van der Waals surface area (Å²) in [6.07, 6.45) is 4.63. The first-order valence-electron chi connectivity index (χ1n) is 6.69. The smallest absolute Gasteiger partial charge is 0.465 e. The summed E-state index contributed by atoms with van der Waals surface area (Å²) in [6, 6.07) is 6.11. The Bertz CT molecular complexity index is 518. The second kappa shape index (κ2) is 4.12. The first-order chi connectivity index (χ1) is 8.89. The van der Waals surface area contributed by atoms with E-state index < -0.39 is 0 Å². The van der Waals surface area contributed by atoms with E-state index in [2.05, 4.69) is 33.8 Å². The van der Waals surface area contributed by atoms with Gasteiger partial charge < -0.3 is 14.0 Å². The van der Waals surface area contributed by atoms with Gasteiger partial charge >= 0.3 is 7.12 Å². The molecular weight excluding hydrogens is 239 g/mol. The molecule has 2 aliphatic rings. The van der Waals surface area contributed by atoms with Gasteiger partial charge in [0.05, 0.1) is 17.5 Å². The highest BCUT2D eigenvalue weighted by molar-refractivity contribution is 6.62. The van der Waals surface area contributed by atoms with Gasteiger partial charge in [0.25, 0.3) is 0 Å². The molecule has 0 amide bonds. The minimum absolute atomic E-state index is 0.302. The second-order valence-corrected chi connectivity index (χ2v) is 6.15. The van der Waals surface area contributed by atoms with Crippen LogP contribution in [0.25, 0.3) is 0 Å². The van der Waals surface area contributed by atoms with Crippen LogP contribution in [0, 0.1) is 0 Å². The maximum absolute atomic E-state index is 6.06. The molecule has 0 bridgehead atoms. The predicted molar refractivity (Wildman–Crippen MR) is 75.6 cm³/mol. The summed E-state index contributed by atoms with van der Waals surface area (Å²) >= 11 is 0. The minimum atomic E-state index is -0.304. The molecule has 2 heterocycles. The molecule has 0 aromatic heterocycles. The van der Waals surface area contributed by atoms with Gasteiger partial charge in [-0.1, -0.05) is 12.1 Å². The molecule has 1 aromatic rings. The lowest BCUT2D eigenvalue weighted by Crippen LogP contribution is -2.41. The summed E-state index contributed by atoms with van der Waals surface area (Å²) in [5, 5.41) is 0. The zero-order chi connectivity index (χ0) is 13.7. The zero-order valence-corrected chi connectivity index (χ0v) is 11.9. The van der Waals surface area contributed by atoms with Crippen LogP contribution in [0.15, 0.2) is 30.5 Å². The van der Waals surface area contributed by atoms with E-state index in [0.717, 1.165) is 17.6 Å². The van der Waals surface area contributed by atoms with Gasteiger partial charge in [-0.3, -0.25) is 0 Å². The fraction of sp³-hybridized carbons (Fsp3) is 0.467. The van der Waals surface area contributed by atoms with Gasteiger partial charge in [-0.15, -0.1) is 0 Å². The molecule has 2 aliphatic heterocycles. The Labute approximate surface area is 114 Å². The maximum Gasteiger partial charge on any atom is 0.494 e. The van der Waals surface area contributed by atoms with E-state index >= 15 is 0 Å². The number of rotatable bonds is 1. The average Bonchev–Trinajstić information content (AvgIpc) is 2.58. The zero-order valence-electron chi connectivity index (χ0n) is 11.9. The standard InChI is InChI=1S/C15H19BO3/c1-14(2)15(3,4)19-16(18-14)12-7-8-13-11(10-12)6-5-9-17-13/h5,7-10H,6H2,1-4H3. The lowest BCUT2D eigenvalue weighted by atomic mass is 9.78. The third-order valence-electron chi connectivity index (χ3n) is 4.24. The molecule has 0 atom stereocenters. The fourth-order valence-corrected chi connectivity index (χ4v) is 2.30. The predicted octanol–water partition coefficient (Wildman–Crippen LogP) is 2.43. The van der Waals surface area contributed by atoms with E-state index in [1.54, 1.807) is 6.26 Å². The Morgan fingerprint density at radius 1 is 1.05 bits per heavy atom. The second-order valence-electron chi connectivity index (χ2n) is 6.15. The number of fused-ring (bicyclic) bond motifs is 1. The molecule has 19 heavy (non-hydrogen) atoms. The van der Waals surface area contributed by atoms with Crippen LogP contribution in [-0.4, -0.2) is 18.3 Å². The van der Waals surface area contributed by atoms with Gasteiger partial charge in [-0.05, 0) is 57.3 Å². The lowest BCUT2D eigenvalue weighted by Gasteiger charge is -2.32. The molecular formula is C15H19BO3. The third kappa shape index (κ3) is 2.09. The van der Waals surface area contributed by atoms with Crippen LogP contribution < -0.4 is 10.2 Å². The molecule has 1 fully saturated rings. The van der Waals surface area contributed by atoms with Crippen molar-refractivity contribution in [3.63, 3.8) is 0 Å². The van der Waals surface area contributed by atoms with Gasteiger partial charge in [0, 0.05) is 0 Å². The number of hydrogen-bond donors (Lipinski definition) is 0. The maximum atomic E-state index is 6.06. The topological polar surface area (TPSA) is 27.7 Å². The number of ether oxygens (including phenoxy) is 1. The molecule has 100 valence electrons. The highest BCUT2D eigenvalue weighted by Gasteiger charge is 2.51. The Morgan fingerprint density at radius 3 is 2.42 bits per heavy atom. The SMILES string of the molecule is CC1(C)OB(c2ccc3c(c2)CC=CO3)OC1(C)C. The van der Waals surface area contributed by atoms with E-state index in [9.17, 15) is 0 Å². The molecule has 0 unspecified atom stereocenters. The Morgan fingerprint density at radius 2 is 1.74 bits per heavy atom. The van der Waals surface area contributed by atoms with Crippen molar-refractivity contribution < 1.29 is 14.0 Å². The minimum Gasteiger partial charge on any atom is -0.465 e. The molecule has 0 radical (unpaired) electrons. The summed E-state index contributed by atoms with van der Waals surface area (Å²) in [5.41, 5.74) is 1.62. The molecule has 0 saturated carbocycles. The largest absolute Gasteiger partial charge is 0.494 e. The molecule has 0 spiro atoms. The van der Waals surface area contributed by atoms with Crippen molar-refractivity contribution in [1.82, 2.24) is 0 Å². The summed E-state index contributed by atoms with van der Waals surface area (Å²) in [5.74, 6) is 0.919. The van der Waals surface area contributed by atoms with Crippen molar-refractivity contribution in [1.29, 1.82) is 0 Å². The highest BCUT2D eigenvalue weighted by atomic mass is 16.7. The van der Waals surface area contributed by atoms with Crippen molar-refractivity contribution in [2.75, 3.05) is 0 Å². The molecule has 1 saturated heterocycles. The van der Waals surface area contributed by atoms with Gasteiger partial charge in [-0.2, -0.15) is 0 Å². The molecule has 1 aromatic carbocycles. The van der Waals surface area contributed by atoms with Crippen LogP contribution in [0.3, 0.4) is 0 Å². The Balaban J connectivity index is 1.89. The fourth-order valence-electron chi connectivity index (χ4n) is 2.30. The van der Waals surface area contributed by atoms with Gasteiger partial charge in [0.1, 0.15) is 5.75 Å². The summed E-state index contributed by atoms with van der Waals surface area (Å²) < 4.78 is 17.6. The van der Waals surface area contributed by atoms with Crippen LogP contribution in [0.4, 0.5) is 0 Å². The first kappa shape index (κ1) is 12.8. The number of hydrogen-bond acceptors (Lipinski definition) is 3. The first-order valence-corrected chi connectivity index (χ1v) is 6.69. The van der Waals surface area contributed by atoms with E-state index in [-0.39, 0.29) is 18.3 Å². The molecule has 0 aliphatic carbocycles. The summed E-state index contributed by atoms with van der Waals surface area (Å²) in [7, 11) is -0.304. The molecule has 3 rings (SSSR count). The quantitative estimate of drug-likeness (QED) is 0.724. The van der Waals surface area contributed by atoms with Crippen molar-refractivity contribution in [2.45, 2.75) is 45.3 Å². The van der Waals surface area contributed by atoms with Gasteiger partial charge in [0.15, 0.2) is 0 Å². The summed E-state index contributed by atoms with van der Waals surface area (Å²) in [4.78, 5) is 0. The summed E-state index contributed by atoms with van der Waals surface area (Å²) in [6.45, 7) is 8.27. The van der Waals surface area contributed by atoms with Crippen LogP contribution in [0.1, 0.15) is 33.3 Å². The van der Waals surface area contributed by atoms with Gasteiger partial charge in [-0.25, -0.2) is 0 Å². The van der Waals surface area contributed by atoms with E-state index in [1.165, 1.54) is 5.56 Å². The van der Waals surface area contributed by atoms with E-state index in [4.69, 9.17) is 14.0 Å². The van der Waals surface area contributed by atoms with Crippen LogP contribution >= 0.6 is 0 Å². The normalized spacial score (nSPS) is 23.1. The lowest BCUT2D eigenvalue weighted by molar-refractivity contribution is 0.00578. The molecule has 0 N–H and O–H groups in total. The van der Waals surface area contributed by atoms with Crippen molar-refractivity contribution in [3.8, 4) is 5.75 Å². The van der Waals surface area contributed by atoms with Crippen molar-refractivity contribution in [2.24, 2.45) is 0 Å². The van der Waals surface area contributed by atoms with Crippen molar-refractivity contribution in [3.05, 3.63) is 36.1 Å². The van der Waals surface area contributed by atoms with Crippen LogP contribution in [0.5, 0.6) is 5.75 Å². The number of allylic oxidation sites excluding steroid dienone is 1. The van der Waals surface area contributed by atoms with Crippen LogP contribution in [-0.2, 0) is 15.7 Å². The Kier molecular flexibility index (Phi) is 2.77.